The molecule has 2 aliphatic heterocycles. The van der Waals surface area contributed by atoms with Crippen LogP contribution in [0.2, 0.25) is 0 Å². The number of morpholine rings is 1. The topological polar surface area (TPSA) is 92.1 Å². The number of carbonyl (C=O) groups is 2. The van der Waals surface area contributed by atoms with E-state index in [1.54, 1.807) is 21.8 Å². The minimum absolute atomic E-state index is 0.0805. The van der Waals surface area contributed by atoms with Crippen LogP contribution in [0.1, 0.15) is 50.6 Å². The van der Waals surface area contributed by atoms with Crippen molar-refractivity contribution >= 4 is 23.3 Å². The lowest BCUT2D eigenvalue weighted by atomic mass is 9.89. The average molecular weight is 525 g/mol. The molecule has 2 fully saturated rings. The van der Waals surface area contributed by atoms with Crippen LogP contribution in [0.3, 0.4) is 0 Å². The number of nitrogens with zero attached hydrogens (tertiary/aromatic N) is 5. The van der Waals surface area contributed by atoms with Crippen LogP contribution in [0.4, 0.5) is 5.82 Å². The van der Waals surface area contributed by atoms with Crippen molar-refractivity contribution in [3.8, 4) is 0 Å². The number of nitrogens with one attached hydrogen (secondary N) is 1. The lowest BCUT2D eigenvalue weighted by molar-refractivity contribution is 0.0304. The fourth-order valence-corrected chi connectivity index (χ4v) is 5.44. The molecular weight excluding hydrogens is 492 g/mol. The second-order valence-corrected chi connectivity index (χ2v) is 10.0. The molecule has 0 spiro atoms. The second kappa shape index (κ2) is 11.2. The Hall–Kier alpha value is -4.24. The quantitative estimate of drug-likeness (QED) is 0.412. The van der Waals surface area contributed by atoms with Crippen LogP contribution in [0, 0.1) is 0 Å². The zero-order valence-electron chi connectivity index (χ0n) is 21.8. The van der Waals surface area contributed by atoms with E-state index < -0.39 is 0 Å². The van der Waals surface area contributed by atoms with Crippen molar-refractivity contribution in [1.29, 1.82) is 0 Å². The molecule has 200 valence electrons. The van der Waals surface area contributed by atoms with Gasteiger partial charge in [-0.1, -0.05) is 60.7 Å². The fraction of sp³-hybridized carbons (Fsp3) is 0.333. The first-order valence-corrected chi connectivity index (χ1v) is 13.5. The van der Waals surface area contributed by atoms with E-state index in [9.17, 15) is 9.59 Å². The monoisotopic (exact) mass is 524 g/mol. The van der Waals surface area contributed by atoms with Crippen LogP contribution in [-0.4, -0.2) is 75.6 Å². The number of benzene rings is 2. The molecule has 2 amide bonds. The highest BCUT2D eigenvalue weighted by Gasteiger charge is 2.29. The summed E-state index contributed by atoms with van der Waals surface area (Å²) in [7, 11) is 0. The fourth-order valence-electron chi connectivity index (χ4n) is 5.44. The van der Waals surface area contributed by atoms with Gasteiger partial charge in [0.25, 0.3) is 11.8 Å². The third-order valence-corrected chi connectivity index (χ3v) is 7.64. The zero-order chi connectivity index (χ0) is 26.6. The van der Waals surface area contributed by atoms with E-state index in [1.807, 2.05) is 41.3 Å². The average Bonchev–Trinajstić information content (AvgIpc) is 3.45. The molecule has 9 heteroatoms. The van der Waals surface area contributed by atoms with Gasteiger partial charge in [0.15, 0.2) is 5.65 Å². The van der Waals surface area contributed by atoms with E-state index in [2.05, 4.69) is 39.7 Å². The van der Waals surface area contributed by atoms with Gasteiger partial charge < -0.3 is 19.9 Å². The van der Waals surface area contributed by atoms with Gasteiger partial charge >= 0.3 is 0 Å². The molecule has 2 saturated heterocycles. The normalized spacial score (nSPS) is 16.4. The maximum atomic E-state index is 13.8. The molecule has 0 saturated carbocycles. The molecule has 9 nitrogen and oxygen atoms in total. The lowest BCUT2D eigenvalue weighted by Gasteiger charge is -2.32. The molecule has 2 aliphatic rings. The Morgan fingerprint density at radius 1 is 0.821 bits per heavy atom. The number of amides is 2. The van der Waals surface area contributed by atoms with Gasteiger partial charge in [-0.25, -0.2) is 4.98 Å². The van der Waals surface area contributed by atoms with E-state index in [0.29, 0.717) is 74.4 Å². The maximum Gasteiger partial charge on any atom is 0.259 e. The van der Waals surface area contributed by atoms with E-state index in [1.165, 1.54) is 5.56 Å². The molecule has 0 atom stereocenters. The van der Waals surface area contributed by atoms with Crippen LogP contribution in [0.5, 0.6) is 0 Å². The molecule has 39 heavy (non-hydrogen) atoms. The third-order valence-electron chi connectivity index (χ3n) is 7.64. The predicted molar refractivity (Wildman–Crippen MR) is 148 cm³/mol. The highest BCUT2D eigenvalue weighted by atomic mass is 16.5. The Bertz CT molecular complexity index is 1440. The number of piperidine rings is 1. The number of aromatic nitrogens is 3. The van der Waals surface area contributed by atoms with Gasteiger partial charge in [0, 0.05) is 38.9 Å². The van der Waals surface area contributed by atoms with Gasteiger partial charge in [0.2, 0.25) is 0 Å². The van der Waals surface area contributed by atoms with E-state index in [0.717, 1.165) is 18.4 Å². The first-order valence-electron chi connectivity index (χ1n) is 13.5. The summed E-state index contributed by atoms with van der Waals surface area (Å²) >= 11 is 0. The van der Waals surface area contributed by atoms with Crippen molar-refractivity contribution in [2.75, 3.05) is 44.7 Å². The van der Waals surface area contributed by atoms with Crippen molar-refractivity contribution < 1.29 is 14.3 Å². The molecule has 0 aliphatic carbocycles. The molecule has 0 bridgehead atoms. The summed E-state index contributed by atoms with van der Waals surface area (Å²) in [5, 5.41) is 7.96. The highest BCUT2D eigenvalue weighted by molar-refractivity contribution is 6.02. The second-order valence-electron chi connectivity index (χ2n) is 10.0. The number of carbonyl (C=O) groups excluding carboxylic acids is 2. The minimum Gasteiger partial charge on any atom is -0.378 e. The first kappa shape index (κ1) is 25.1. The molecule has 4 aromatic rings. The largest absolute Gasteiger partial charge is 0.378 e. The van der Waals surface area contributed by atoms with Crippen molar-refractivity contribution in [2.24, 2.45) is 0 Å². The van der Waals surface area contributed by atoms with Crippen LogP contribution >= 0.6 is 0 Å². The van der Waals surface area contributed by atoms with Crippen molar-refractivity contribution in [2.45, 2.75) is 25.3 Å². The third kappa shape index (κ3) is 5.22. The summed E-state index contributed by atoms with van der Waals surface area (Å²) in [6, 6.07) is 20.5. The number of ether oxygens (including phenoxy) is 1. The summed E-state index contributed by atoms with van der Waals surface area (Å²) in [5.41, 5.74) is 3.70. The number of hydrogen-bond donors (Lipinski definition) is 1. The van der Waals surface area contributed by atoms with Gasteiger partial charge in [-0.15, -0.1) is 0 Å². The molecule has 2 aromatic heterocycles. The van der Waals surface area contributed by atoms with E-state index >= 15 is 0 Å². The molecule has 6 rings (SSSR count). The molecular formula is C30H32N6O3. The SMILES string of the molecule is O=C(c1cnc2c(C(=O)N3CCOCC3)cnn2c1NCc1ccccc1)N1CCC(c2ccccc2)CC1. The number of rotatable bonds is 6. The Labute approximate surface area is 227 Å². The standard InChI is InChI=1S/C30H32N6O3/c37-29(34-13-11-24(12-14-34)23-9-5-2-6-10-23)25-20-32-28-26(30(38)35-15-17-39-18-16-35)21-33-36(28)27(25)31-19-22-7-3-1-4-8-22/h1-10,20-21,24,31H,11-19H2. The smallest absolute Gasteiger partial charge is 0.259 e. The molecule has 0 radical (unpaired) electrons. The molecule has 1 N–H and O–H groups in total. The van der Waals surface area contributed by atoms with E-state index in [-0.39, 0.29) is 11.8 Å². The van der Waals surface area contributed by atoms with Crippen molar-refractivity contribution in [3.63, 3.8) is 0 Å². The first-order chi connectivity index (χ1) is 19.2. The summed E-state index contributed by atoms with van der Waals surface area (Å²) in [6.07, 6.45) is 4.97. The van der Waals surface area contributed by atoms with Crippen molar-refractivity contribution in [3.05, 3.63) is 95.3 Å². The zero-order valence-corrected chi connectivity index (χ0v) is 21.8. The summed E-state index contributed by atoms with van der Waals surface area (Å²) in [4.78, 5) is 35.3. The van der Waals surface area contributed by atoms with Crippen LogP contribution in [0.25, 0.3) is 5.65 Å². The van der Waals surface area contributed by atoms with Crippen LogP contribution < -0.4 is 5.32 Å². The van der Waals surface area contributed by atoms with Gasteiger partial charge in [-0.2, -0.15) is 9.61 Å². The highest BCUT2D eigenvalue weighted by Crippen LogP contribution is 2.30. The van der Waals surface area contributed by atoms with E-state index in [4.69, 9.17) is 4.74 Å². The summed E-state index contributed by atoms with van der Waals surface area (Å²) in [6.45, 7) is 3.95. The summed E-state index contributed by atoms with van der Waals surface area (Å²) < 4.78 is 6.99. The van der Waals surface area contributed by atoms with Crippen LogP contribution in [0.15, 0.2) is 73.1 Å². The lowest BCUT2D eigenvalue weighted by Crippen LogP contribution is -2.40. The number of fused-ring (bicyclic) bond motifs is 1. The summed E-state index contributed by atoms with van der Waals surface area (Å²) in [5.74, 6) is 0.784. The number of likely N-dealkylation sites (tertiary alicyclic amines) is 1. The predicted octanol–water partition coefficient (Wildman–Crippen LogP) is 3.83. The Kier molecular flexibility index (Phi) is 7.23. The number of hydrogen-bond acceptors (Lipinski definition) is 6. The number of anilines is 1. The Morgan fingerprint density at radius 2 is 1.46 bits per heavy atom. The Balaban J connectivity index is 1.28. The molecule has 0 unspecified atom stereocenters. The minimum atomic E-state index is -0.128. The van der Waals surface area contributed by atoms with Gasteiger partial charge in [-0.3, -0.25) is 9.59 Å². The van der Waals surface area contributed by atoms with Crippen molar-refractivity contribution in [1.82, 2.24) is 24.4 Å². The molecule has 4 heterocycles. The van der Waals surface area contributed by atoms with Crippen LogP contribution in [-0.2, 0) is 11.3 Å². The maximum absolute atomic E-state index is 13.8. The van der Waals surface area contributed by atoms with Gasteiger partial charge in [0.1, 0.15) is 16.9 Å². The van der Waals surface area contributed by atoms with Gasteiger partial charge in [-0.05, 0) is 29.9 Å². The van der Waals surface area contributed by atoms with Gasteiger partial charge in [0.05, 0.1) is 19.4 Å². The molecule has 2 aromatic carbocycles. The Morgan fingerprint density at radius 3 is 2.18 bits per heavy atom.